The molecule has 0 aliphatic carbocycles. The lowest BCUT2D eigenvalue weighted by atomic mass is 10.1. The molecule has 0 radical (unpaired) electrons. The lowest BCUT2D eigenvalue weighted by molar-refractivity contribution is 0.415. The Balaban J connectivity index is 2.19. The first-order valence-corrected chi connectivity index (χ1v) is 8.80. The molecule has 2 rings (SSSR count). The van der Waals surface area contributed by atoms with Crippen molar-refractivity contribution in [2.24, 2.45) is 5.92 Å². The second-order valence-electron chi connectivity index (χ2n) is 5.27. The Morgan fingerprint density at radius 3 is 2.68 bits per heavy atom. The van der Waals surface area contributed by atoms with Crippen molar-refractivity contribution in [3.8, 4) is 29.3 Å². The Morgan fingerprint density at radius 1 is 1.32 bits per heavy atom. The van der Waals surface area contributed by atoms with Crippen molar-refractivity contribution >= 4 is 11.8 Å². The summed E-state index contributed by atoms with van der Waals surface area (Å²) < 4.78 is 7.15. The fourth-order valence-corrected chi connectivity index (χ4v) is 3.25. The summed E-state index contributed by atoms with van der Waals surface area (Å²) in [6.07, 6.45) is 2.74. The van der Waals surface area contributed by atoms with E-state index in [0.717, 1.165) is 22.3 Å². The van der Waals surface area contributed by atoms with E-state index in [2.05, 4.69) is 28.9 Å². The van der Waals surface area contributed by atoms with Crippen LogP contribution in [0.5, 0.6) is 5.75 Å². The zero-order chi connectivity index (χ0) is 18.1. The van der Waals surface area contributed by atoms with Crippen LogP contribution >= 0.6 is 11.8 Å². The van der Waals surface area contributed by atoms with Gasteiger partial charge in [0.2, 0.25) is 0 Å². The average Bonchev–Trinajstić information content (AvgIpc) is 3.05. The lowest BCUT2D eigenvalue weighted by Crippen LogP contribution is -2.04. The Bertz CT molecular complexity index is 785. The summed E-state index contributed by atoms with van der Waals surface area (Å²) in [5.74, 6) is 1.93. The number of thioether (sulfide) groups is 1. The highest BCUT2D eigenvalue weighted by atomic mass is 32.2. The van der Waals surface area contributed by atoms with Gasteiger partial charge < -0.3 is 4.74 Å². The maximum Gasteiger partial charge on any atom is 0.191 e. The van der Waals surface area contributed by atoms with Gasteiger partial charge in [-0.25, -0.2) is 0 Å². The first-order valence-electron chi connectivity index (χ1n) is 7.81. The molecule has 0 amide bonds. The molecule has 1 aromatic carbocycles. The van der Waals surface area contributed by atoms with E-state index < -0.39 is 0 Å². The van der Waals surface area contributed by atoms with Gasteiger partial charge in [-0.2, -0.15) is 10.5 Å². The van der Waals surface area contributed by atoms with Crippen LogP contribution in [0, 0.1) is 28.6 Å². The SMILES string of the molecule is C=CCn1c(SC[C@H](C#N)CCC#N)nnc1-c1ccc(OC)cc1. The van der Waals surface area contributed by atoms with Gasteiger partial charge >= 0.3 is 0 Å². The van der Waals surface area contributed by atoms with E-state index in [1.54, 1.807) is 13.2 Å². The van der Waals surface area contributed by atoms with Crippen LogP contribution in [-0.4, -0.2) is 27.6 Å². The molecule has 0 spiro atoms. The summed E-state index contributed by atoms with van der Waals surface area (Å²) in [5, 5.41) is 27.2. The van der Waals surface area contributed by atoms with E-state index in [9.17, 15) is 5.26 Å². The van der Waals surface area contributed by atoms with Gasteiger partial charge in [-0.15, -0.1) is 16.8 Å². The van der Waals surface area contributed by atoms with Crippen LogP contribution in [0.25, 0.3) is 11.4 Å². The maximum absolute atomic E-state index is 9.19. The van der Waals surface area contributed by atoms with Crippen molar-refractivity contribution in [2.45, 2.75) is 24.5 Å². The number of ether oxygens (including phenoxy) is 1. The van der Waals surface area contributed by atoms with Gasteiger partial charge in [0, 0.05) is 24.3 Å². The molecule has 0 fully saturated rings. The fourth-order valence-electron chi connectivity index (χ4n) is 2.24. The first kappa shape index (κ1) is 18.6. The summed E-state index contributed by atoms with van der Waals surface area (Å²) in [5.41, 5.74) is 0.934. The maximum atomic E-state index is 9.19. The van der Waals surface area contributed by atoms with Gasteiger partial charge in [-0.1, -0.05) is 17.8 Å². The van der Waals surface area contributed by atoms with E-state index in [0.29, 0.717) is 25.1 Å². The highest BCUT2D eigenvalue weighted by Gasteiger charge is 2.16. The number of rotatable bonds is 9. The van der Waals surface area contributed by atoms with Crippen molar-refractivity contribution in [1.82, 2.24) is 14.8 Å². The zero-order valence-electron chi connectivity index (χ0n) is 14.1. The predicted octanol–water partition coefficient (Wildman–Crippen LogP) is 3.68. The largest absolute Gasteiger partial charge is 0.497 e. The molecule has 6 nitrogen and oxygen atoms in total. The molecular weight excluding hydrogens is 334 g/mol. The van der Waals surface area contributed by atoms with Gasteiger partial charge in [0.1, 0.15) is 5.75 Å². The standard InChI is InChI=1S/C18H19N5OS/c1-3-11-23-17(15-6-8-16(24-2)9-7-15)21-22-18(23)25-13-14(12-20)5-4-10-19/h3,6-9,14H,1,4-5,11,13H2,2H3/t14-/m0/s1. The summed E-state index contributed by atoms with van der Waals surface area (Å²) in [4.78, 5) is 0. The Morgan fingerprint density at radius 2 is 2.08 bits per heavy atom. The molecule has 2 aromatic rings. The number of nitriles is 2. The second-order valence-corrected chi connectivity index (χ2v) is 6.25. The summed E-state index contributed by atoms with van der Waals surface area (Å²) in [6, 6.07) is 11.9. The number of hydrogen-bond acceptors (Lipinski definition) is 6. The summed E-state index contributed by atoms with van der Waals surface area (Å²) in [7, 11) is 1.63. The fraction of sp³-hybridized carbons (Fsp3) is 0.333. The molecule has 128 valence electrons. The highest BCUT2D eigenvalue weighted by molar-refractivity contribution is 7.99. The van der Waals surface area contributed by atoms with E-state index in [1.807, 2.05) is 28.8 Å². The van der Waals surface area contributed by atoms with Crippen molar-refractivity contribution < 1.29 is 4.74 Å². The lowest BCUT2D eigenvalue weighted by Gasteiger charge is -2.09. The number of methoxy groups -OCH3 is 1. The van der Waals surface area contributed by atoms with Crippen LogP contribution in [0.2, 0.25) is 0 Å². The highest BCUT2D eigenvalue weighted by Crippen LogP contribution is 2.27. The smallest absolute Gasteiger partial charge is 0.191 e. The van der Waals surface area contributed by atoms with Crippen LogP contribution in [0.1, 0.15) is 12.8 Å². The molecule has 1 aromatic heterocycles. The molecule has 25 heavy (non-hydrogen) atoms. The Hall–Kier alpha value is -2.77. The zero-order valence-corrected chi connectivity index (χ0v) is 14.9. The van der Waals surface area contributed by atoms with Crippen LogP contribution in [0.3, 0.4) is 0 Å². The summed E-state index contributed by atoms with van der Waals surface area (Å²) in [6.45, 7) is 4.37. The van der Waals surface area contributed by atoms with Crippen molar-refractivity contribution in [1.29, 1.82) is 10.5 Å². The number of nitrogens with zero attached hydrogens (tertiary/aromatic N) is 5. The van der Waals surface area contributed by atoms with E-state index in [-0.39, 0.29) is 5.92 Å². The third kappa shape index (κ3) is 4.85. The van der Waals surface area contributed by atoms with Crippen LogP contribution in [0.15, 0.2) is 42.1 Å². The van der Waals surface area contributed by atoms with Gasteiger partial charge in [0.15, 0.2) is 11.0 Å². The molecule has 0 saturated carbocycles. The van der Waals surface area contributed by atoms with Crippen LogP contribution in [-0.2, 0) is 6.54 Å². The third-order valence-electron chi connectivity index (χ3n) is 3.58. The molecule has 0 N–H and O–H groups in total. The molecule has 1 heterocycles. The quantitative estimate of drug-likeness (QED) is 0.505. The minimum Gasteiger partial charge on any atom is -0.497 e. The topological polar surface area (TPSA) is 87.5 Å². The second kappa shape index (κ2) is 9.51. The number of aromatic nitrogens is 3. The molecule has 0 saturated heterocycles. The first-order chi connectivity index (χ1) is 12.2. The van der Waals surface area contributed by atoms with E-state index in [4.69, 9.17) is 10.00 Å². The predicted molar refractivity (Wildman–Crippen MR) is 96.9 cm³/mol. The van der Waals surface area contributed by atoms with Gasteiger partial charge in [-0.05, 0) is 30.7 Å². The average molecular weight is 353 g/mol. The Kier molecular flexibility index (Phi) is 7.06. The van der Waals surface area contributed by atoms with E-state index in [1.165, 1.54) is 11.8 Å². The molecule has 7 heteroatoms. The molecule has 0 unspecified atom stereocenters. The van der Waals surface area contributed by atoms with Gasteiger partial charge in [0.05, 0.1) is 25.2 Å². The summed E-state index contributed by atoms with van der Waals surface area (Å²) >= 11 is 1.48. The molecule has 0 aliphatic heterocycles. The number of allylic oxidation sites excluding steroid dienone is 1. The molecular formula is C18H19N5OS. The number of benzene rings is 1. The van der Waals surface area contributed by atoms with Gasteiger partial charge in [0.25, 0.3) is 0 Å². The van der Waals surface area contributed by atoms with Crippen molar-refractivity contribution in [2.75, 3.05) is 12.9 Å². The molecule has 1 atom stereocenters. The minimum absolute atomic E-state index is 0.178. The number of hydrogen-bond donors (Lipinski definition) is 0. The van der Waals surface area contributed by atoms with Gasteiger partial charge in [-0.3, -0.25) is 4.57 Å². The van der Waals surface area contributed by atoms with Crippen LogP contribution in [0.4, 0.5) is 0 Å². The normalized spacial score (nSPS) is 11.3. The minimum atomic E-state index is -0.178. The third-order valence-corrected chi connectivity index (χ3v) is 4.71. The monoisotopic (exact) mass is 353 g/mol. The van der Waals surface area contributed by atoms with Crippen LogP contribution < -0.4 is 4.74 Å². The molecule has 0 aliphatic rings. The van der Waals surface area contributed by atoms with Crippen molar-refractivity contribution in [3.63, 3.8) is 0 Å². The Labute approximate surface area is 151 Å². The van der Waals surface area contributed by atoms with Crippen molar-refractivity contribution in [3.05, 3.63) is 36.9 Å². The molecule has 0 bridgehead atoms. The van der Waals surface area contributed by atoms with E-state index >= 15 is 0 Å².